The van der Waals surface area contributed by atoms with E-state index in [0.717, 1.165) is 67.8 Å². The van der Waals surface area contributed by atoms with Gasteiger partial charge in [0.1, 0.15) is 23.1 Å². The quantitative estimate of drug-likeness (QED) is 0.0379. The van der Waals surface area contributed by atoms with Crippen LogP contribution in [0.25, 0.3) is 0 Å². The van der Waals surface area contributed by atoms with E-state index >= 15 is 0 Å². The minimum Gasteiger partial charge on any atom is -0.395 e. The summed E-state index contributed by atoms with van der Waals surface area (Å²) in [6.45, 7) is 89.1. The predicted octanol–water partition coefficient (Wildman–Crippen LogP) is 23.2. The molecule has 0 aliphatic heterocycles. The van der Waals surface area contributed by atoms with Gasteiger partial charge in [0.25, 0.3) is 0 Å². The number of nitrogens with zero attached hydrogens (tertiary/aromatic N) is 3. The first kappa shape index (κ1) is 136. The van der Waals surface area contributed by atoms with Gasteiger partial charge in [0.15, 0.2) is 23.1 Å². The number of aliphatic hydroxyl groups is 1. The first-order chi connectivity index (χ1) is 60.6. The van der Waals surface area contributed by atoms with Crippen molar-refractivity contribution in [2.75, 3.05) is 59.0 Å². The number of aliphatic hydroxyl groups excluding tert-OH is 1. The third-order valence-corrected chi connectivity index (χ3v) is 23.9. The summed E-state index contributed by atoms with van der Waals surface area (Å²) in [7, 11) is -4.07. The second-order valence-electron chi connectivity index (χ2n) is 45.0. The second-order valence-corrected chi connectivity index (χ2v) is 46.3. The molecule has 2 amide bonds. The Morgan fingerprint density at radius 2 is 0.811 bits per heavy atom. The number of phosphoric ester groups is 1. The van der Waals surface area contributed by atoms with Gasteiger partial charge in [-0.15, -0.1) is 0 Å². The number of hydrogen-bond acceptors (Lipinski definition) is 19. The molecular weight excluding hydrogens is 1680 g/mol. The van der Waals surface area contributed by atoms with Crippen molar-refractivity contribution in [3.8, 4) is 0 Å². The van der Waals surface area contributed by atoms with Crippen LogP contribution in [0.4, 0.5) is 0 Å². The number of ether oxygens (including phenoxy) is 1. The van der Waals surface area contributed by atoms with Gasteiger partial charge in [0, 0.05) is 92.0 Å². The van der Waals surface area contributed by atoms with E-state index in [2.05, 4.69) is 193 Å². The van der Waals surface area contributed by atoms with Crippen LogP contribution in [0.3, 0.4) is 0 Å². The van der Waals surface area contributed by atoms with Gasteiger partial charge < -0.3 is 35.6 Å². The zero-order valence-electron chi connectivity index (χ0n) is 92.8. The summed E-state index contributed by atoms with van der Waals surface area (Å²) in [6.07, 6.45) is 9.50. The molecule has 23 heteroatoms. The second kappa shape index (κ2) is 73.5. The molecule has 22 nitrogen and oxygen atoms in total. The van der Waals surface area contributed by atoms with Gasteiger partial charge in [-0.25, -0.2) is 4.57 Å². The number of Topliss-reactive ketones (excluding diaryl/α,β-unsaturated/α-hetero) is 8. The Morgan fingerprint density at radius 1 is 0.402 bits per heavy atom. The van der Waals surface area contributed by atoms with E-state index in [0.29, 0.717) is 80.4 Å². The van der Waals surface area contributed by atoms with Crippen molar-refractivity contribution in [1.29, 1.82) is 0 Å². The van der Waals surface area contributed by atoms with Gasteiger partial charge in [-0.1, -0.05) is 300 Å². The number of phosphoric acid groups is 1. The van der Waals surface area contributed by atoms with E-state index in [1.807, 2.05) is 116 Å². The zero-order valence-corrected chi connectivity index (χ0v) is 93.7. The summed E-state index contributed by atoms with van der Waals surface area (Å²) >= 11 is 0. The highest BCUT2D eigenvalue weighted by molar-refractivity contribution is 7.47. The lowest BCUT2D eigenvalue weighted by molar-refractivity contribution is -0.139. The molecule has 776 valence electrons. The summed E-state index contributed by atoms with van der Waals surface area (Å²) in [4.78, 5) is 140. The van der Waals surface area contributed by atoms with Gasteiger partial charge >= 0.3 is 7.82 Å². The molecule has 5 N–H and O–H groups in total. The zero-order chi connectivity index (χ0) is 104. The van der Waals surface area contributed by atoms with Crippen LogP contribution in [0, 0.1) is 107 Å². The Hall–Kier alpha value is -4.61. The lowest BCUT2D eigenvalue weighted by Crippen LogP contribution is -2.49. The SMILES string of the molecule is CC(C)C(=O)CN(CCN(CC(=O)C(C)C)C(=O)C(C)C)CC(=O)C(C)C.CC(C)CC(CC(C)C)c1ccc(C(C)C)cc1.CC(C)CC(COC(C)C)C(C)C.CC(C)CCC(=O)C(CC(C)C)NC(=O)C(CC(=O)C(CC(C)C)NC(C)C)CC(C)C.CC(C)CCCC(C(=O)C(C)C)N(CC(=O)C(C)C)CC(=O)C(C)C.CC(C)NC(CO)C(C)OP(=O)(O)OC(C)C. The number of amides is 2. The molecule has 0 aliphatic carbocycles. The van der Waals surface area contributed by atoms with Crippen molar-refractivity contribution in [3.05, 3.63) is 35.4 Å². The third kappa shape index (κ3) is 70.1. The Labute approximate surface area is 810 Å². The molecule has 0 radical (unpaired) electrons. The molecule has 0 fully saturated rings. The van der Waals surface area contributed by atoms with Gasteiger partial charge in [0.2, 0.25) is 11.8 Å². The van der Waals surface area contributed by atoms with Crippen LogP contribution in [-0.2, 0) is 66.3 Å². The van der Waals surface area contributed by atoms with Gasteiger partial charge in [-0.2, -0.15) is 0 Å². The molecule has 0 heterocycles. The van der Waals surface area contributed by atoms with Gasteiger partial charge in [-0.3, -0.25) is 66.8 Å². The molecule has 132 heavy (non-hydrogen) atoms. The molecule has 0 aromatic heterocycles. The minimum atomic E-state index is -4.07. The van der Waals surface area contributed by atoms with Gasteiger partial charge in [0.05, 0.1) is 81.8 Å². The van der Waals surface area contributed by atoms with Crippen LogP contribution < -0.4 is 16.0 Å². The van der Waals surface area contributed by atoms with Crippen molar-refractivity contribution < 1.29 is 76.3 Å². The standard InChI is InChI=1S/C27H52N2O3.C21H38N2O4.C21H39NO3.C18H30.C12H26O.C10H24NO5P/c1-17(2)11-12-25(30)23(14-19(5)6)29-27(32)22(13-18(3)4)16-26(31)24(15-20(7)8)28-21(9)10;1-14(2)18(24)11-22(12-19(25)15(3)4)9-10-23(21(27)17(7)8)13-20(26)16(5)6;1-14(2)10-9-11-18(21(25)17(7)8)22(12-19(23)15(3)4)13-20(24)16(5)6;1-13(2)11-18(12-14(3)4)17-9-7-16(8-10-17)15(5)6;1-9(2)7-12(10(3)4)8-13-11(5)6;1-7(2)11-10(6-12)9(5)16-17(13,14)15-8(3)4/h17-24,28H,11-16H2,1-10H3,(H,29,32);14-17H,9-13H2,1-8H3;14-18H,9-13H2,1-8H3;7-10,13-15,18H,11-12H2,1-6H3;9-12H,7-8H2,1-6H3;7-12H,6H2,1-5H3,(H,13,14). The van der Waals surface area contributed by atoms with Crippen LogP contribution in [0.15, 0.2) is 24.3 Å². The number of ketones is 8. The topological polar surface area (TPSA) is 302 Å². The number of carbonyl (C=O) groups is 10. The molecule has 8 unspecified atom stereocenters. The molecule has 0 aliphatic rings. The lowest BCUT2D eigenvalue weighted by atomic mass is 9.83. The lowest BCUT2D eigenvalue weighted by Gasteiger charge is -2.32. The van der Waals surface area contributed by atoms with Crippen LogP contribution in [-0.4, -0.2) is 196 Å². The fraction of sp³-hybridized carbons (Fsp3) is 0.853. The molecule has 0 bridgehead atoms. The molecule has 1 rings (SSSR count). The Kier molecular flexibility index (Phi) is 75.7. The smallest absolute Gasteiger partial charge is 0.395 e. The number of hydrogen-bond donors (Lipinski definition) is 5. The van der Waals surface area contributed by atoms with E-state index < -0.39 is 38.0 Å². The monoisotopic (exact) mass is 1890 g/mol. The van der Waals surface area contributed by atoms with Crippen LogP contribution in [0.5, 0.6) is 0 Å². The normalized spacial score (nSPS) is 14.1. The van der Waals surface area contributed by atoms with Crippen molar-refractivity contribution in [1.82, 2.24) is 30.7 Å². The third-order valence-electron chi connectivity index (χ3n) is 22.6. The Morgan fingerprint density at radius 3 is 1.17 bits per heavy atom. The molecule has 1 aromatic carbocycles. The number of rotatable bonds is 63. The molecule has 0 saturated heterocycles. The van der Waals surface area contributed by atoms with Crippen molar-refractivity contribution in [2.24, 2.45) is 107 Å². The Balaban J connectivity index is -0.000000499. The van der Waals surface area contributed by atoms with Crippen LogP contribution in [0.2, 0.25) is 0 Å². The number of carbonyl (C=O) groups excluding carboxylic acids is 10. The molecule has 8 atom stereocenters. The summed E-state index contributed by atoms with van der Waals surface area (Å²) in [6, 6.07) is 8.21. The van der Waals surface area contributed by atoms with E-state index in [1.54, 1.807) is 44.4 Å². The molecule has 1 aromatic rings. The maximum Gasteiger partial charge on any atom is 0.472 e. The van der Waals surface area contributed by atoms with Crippen molar-refractivity contribution in [2.45, 2.75) is 441 Å². The van der Waals surface area contributed by atoms with E-state index in [4.69, 9.17) is 18.9 Å². The minimum absolute atomic E-state index is 0.00654. The van der Waals surface area contributed by atoms with Crippen LogP contribution >= 0.6 is 7.82 Å². The van der Waals surface area contributed by atoms with Crippen molar-refractivity contribution >= 4 is 65.9 Å². The van der Waals surface area contributed by atoms with Gasteiger partial charge in [-0.05, 0) is 168 Å². The highest BCUT2D eigenvalue weighted by atomic mass is 31.2. The first-order valence-electron chi connectivity index (χ1n) is 51.4. The van der Waals surface area contributed by atoms with E-state index in [-0.39, 0.29) is 169 Å². The summed E-state index contributed by atoms with van der Waals surface area (Å²) in [5.74, 6) is 6.29. The largest absolute Gasteiger partial charge is 0.472 e. The highest BCUT2D eigenvalue weighted by Gasteiger charge is 2.36. The predicted molar refractivity (Wildman–Crippen MR) is 552 cm³/mol. The fourth-order valence-corrected chi connectivity index (χ4v) is 15.6. The molecule has 0 saturated carbocycles. The van der Waals surface area contributed by atoms with E-state index in [9.17, 15) is 57.4 Å². The summed E-state index contributed by atoms with van der Waals surface area (Å²) < 4.78 is 27.0. The van der Waals surface area contributed by atoms with E-state index in [1.165, 1.54) is 30.4 Å². The first-order valence-corrected chi connectivity index (χ1v) is 52.9. The van der Waals surface area contributed by atoms with Crippen LogP contribution in [0.1, 0.15) is 398 Å². The number of benzene rings is 1. The van der Waals surface area contributed by atoms with Crippen molar-refractivity contribution in [3.63, 3.8) is 0 Å². The fourth-order valence-electron chi connectivity index (χ4n) is 14.4. The average molecular weight is 1890 g/mol. The summed E-state index contributed by atoms with van der Waals surface area (Å²) in [5.41, 5.74) is 2.98. The maximum atomic E-state index is 13.3. The Bertz CT molecular complexity index is 3250. The number of nitrogens with one attached hydrogen (secondary N) is 3. The maximum absolute atomic E-state index is 13.3. The molecule has 0 spiro atoms. The highest BCUT2D eigenvalue weighted by Crippen LogP contribution is 2.46. The molecular formula is C109H209N6O16P. The average Bonchev–Trinajstić information content (AvgIpc) is 0.840. The summed E-state index contributed by atoms with van der Waals surface area (Å²) in [5, 5.41) is 18.6.